The summed E-state index contributed by atoms with van der Waals surface area (Å²) in [6.45, 7) is 4.38. The first-order valence-corrected chi connectivity index (χ1v) is 12.6. The van der Waals surface area contributed by atoms with E-state index in [4.69, 9.17) is 24.2 Å². The topological polar surface area (TPSA) is 83.3 Å². The summed E-state index contributed by atoms with van der Waals surface area (Å²) in [5, 5.41) is 3.49. The van der Waals surface area contributed by atoms with Gasteiger partial charge in [0.15, 0.2) is 11.5 Å². The summed E-state index contributed by atoms with van der Waals surface area (Å²) in [6.07, 6.45) is 6.46. The third kappa shape index (κ3) is 4.96. The van der Waals surface area contributed by atoms with Crippen LogP contribution in [0.1, 0.15) is 48.8 Å². The van der Waals surface area contributed by atoms with Crippen LogP contribution in [0.4, 0.5) is 11.6 Å². The first-order valence-electron chi connectivity index (χ1n) is 12.6. The number of imidazole rings is 1. The molecule has 8 nitrogen and oxygen atoms in total. The van der Waals surface area contributed by atoms with Crippen molar-refractivity contribution in [3.63, 3.8) is 0 Å². The minimum absolute atomic E-state index is 0.280. The number of methoxy groups -OCH3 is 3. The van der Waals surface area contributed by atoms with Gasteiger partial charge in [-0.1, -0.05) is 44.2 Å². The average molecular weight is 500 g/mol. The summed E-state index contributed by atoms with van der Waals surface area (Å²) in [7, 11) is 4.81. The van der Waals surface area contributed by atoms with E-state index >= 15 is 0 Å². The Kier molecular flexibility index (Phi) is 6.99. The molecule has 5 rings (SSSR count). The van der Waals surface area contributed by atoms with Crippen molar-refractivity contribution in [3.8, 4) is 22.9 Å². The van der Waals surface area contributed by atoms with Crippen molar-refractivity contribution in [2.45, 2.75) is 39.0 Å². The predicted molar refractivity (Wildman–Crippen MR) is 144 cm³/mol. The zero-order valence-corrected chi connectivity index (χ0v) is 22.0. The lowest BCUT2D eigenvalue weighted by Gasteiger charge is -2.15. The number of fused-ring (bicyclic) bond motifs is 1. The standard InChI is InChI=1S/C29H33N5O3/c1-18(2)13-25-31-27-21(19-9-7-6-8-10-19)11-12-22(27)29(32-25)33-26-16-34(17-30-26)20-14-23(35-3)28(37-5)24(15-20)36-4/h6-10,14-18,21H,11-13H2,1-5H3,(H,31,32,33). The third-order valence-electron chi connectivity index (χ3n) is 6.67. The van der Waals surface area contributed by atoms with Gasteiger partial charge in [0, 0.05) is 30.0 Å². The lowest BCUT2D eigenvalue weighted by atomic mass is 9.96. The molecule has 0 radical (unpaired) electrons. The molecule has 2 heterocycles. The molecule has 192 valence electrons. The SMILES string of the molecule is COc1cc(-n2cnc(Nc3nc(CC(C)C)nc4c3CCC4c3ccccc3)c2)cc(OC)c1OC. The fourth-order valence-corrected chi connectivity index (χ4v) is 4.95. The van der Waals surface area contributed by atoms with Crippen molar-refractivity contribution in [1.29, 1.82) is 0 Å². The fraction of sp³-hybridized carbons (Fsp3) is 0.345. The monoisotopic (exact) mass is 499 g/mol. The Morgan fingerprint density at radius 3 is 2.38 bits per heavy atom. The highest BCUT2D eigenvalue weighted by Gasteiger charge is 2.30. The van der Waals surface area contributed by atoms with E-state index in [0.717, 1.165) is 42.3 Å². The van der Waals surface area contributed by atoms with Crippen LogP contribution in [0, 0.1) is 5.92 Å². The van der Waals surface area contributed by atoms with E-state index in [-0.39, 0.29) is 5.92 Å². The molecule has 0 amide bonds. The smallest absolute Gasteiger partial charge is 0.203 e. The number of anilines is 2. The maximum absolute atomic E-state index is 5.51. The molecule has 1 aliphatic rings. The van der Waals surface area contributed by atoms with Gasteiger partial charge in [-0.05, 0) is 24.3 Å². The van der Waals surface area contributed by atoms with E-state index in [2.05, 4.69) is 54.5 Å². The molecule has 0 saturated heterocycles. The normalized spacial score (nSPS) is 14.5. The van der Waals surface area contributed by atoms with E-state index < -0.39 is 0 Å². The zero-order chi connectivity index (χ0) is 25.9. The number of nitrogens with zero attached hydrogens (tertiary/aromatic N) is 4. The van der Waals surface area contributed by atoms with Gasteiger partial charge in [0.05, 0.1) is 38.9 Å². The summed E-state index contributed by atoms with van der Waals surface area (Å²) in [6, 6.07) is 14.4. The van der Waals surface area contributed by atoms with Crippen LogP contribution in [-0.2, 0) is 12.8 Å². The molecule has 0 aliphatic heterocycles. The Hall–Kier alpha value is -4.07. The zero-order valence-electron chi connectivity index (χ0n) is 22.0. The highest BCUT2D eigenvalue weighted by atomic mass is 16.5. The van der Waals surface area contributed by atoms with Gasteiger partial charge in [-0.25, -0.2) is 15.0 Å². The van der Waals surface area contributed by atoms with Gasteiger partial charge in [0.2, 0.25) is 5.75 Å². The Labute approximate surface area is 217 Å². The van der Waals surface area contributed by atoms with Gasteiger partial charge < -0.3 is 24.1 Å². The van der Waals surface area contributed by atoms with Crippen LogP contribution in [0.25, 0.3) is 5.69 Å². The quantitative estimate of drug-likeness (QED) is 0.316. The summed E-state index contributed by atoms with van der Waals surface area (Å²) in [5.74, 6) is 4.86. The Morgan fingerprint density at radius 2 is 1.73 bits per heavy atom. The Bertz CT molecular complexity index is 1360. The first-order chi connectivity index (χ1) is 18.0. The minimum Gasteiger partial charge on any atom is -0.493 e. The van der Waals surface area contributed by atoms with E-state index in [9.17, 15) is 0 Å². The van der Waals surface area contributed by atoms with E-state index in [1.807, 2.05) is 22.9 Å². The average Bonchev–Trinajstić information content (AvgIpc) is 3.55. The lowest BCUT2D eigenvalue weighted by Crippen LogP contribution is -2.10. The predicted octanol–water partition coefficient (Wildman–Crippen LogP) is 5.71. The molecular formula is C29H33N5O3. The molecule has 0 saturated carbocycles. The van der Waals surface area contributed by atoms with Crippen LogP contribution >= 0.6 is 0 Å². The molecule has 1 unspecified atom stereocenters. The van der Waals surface area contributed by atoms with Gasteiger partial charge in [-0.2, -0.15) is 0 Å². The van der Waals surface area contributed by atoms with Crippen molar-refractivity contribution in [2.24, 2.45) is 5.92 Å². The first kappa shape index (κ1) is 24.6. The Balaban J connectivity index is 1.49. The number of hydrogen-bond donors (Lipinski definition) is 1. The lowest BCUT2D eigenvalue weighted by molar-refractivity contribution is 0.324. The number of nitrogens with one attached hydrogen (secondary N) is 1. The number of rotatable bonds is 9. The van der Waals surface area contributed by atoms with Gasteiger partial charge >= 0.3 is 0 Å². The molecule has 1 aliphatic carbocycles. The van der Waals surface area contributed by atoms with Crippen molar-refractivity contribution in [3.05, 3.63) is 77.6 Å². The molecule has 1 atom stereocenters. The Morgan fingerprint density at radius 1 is 1.00 bits per heavy atom. The van der Waals surface area contributed by atoms with E-state index in [1.165, 1.54) is 11.1 Å². The van der Waals surface area contributed by atoms with Crippen LogP contribution in [0.5, 0.6) is 17.2 Å². The van der Waals surface area contributed by atoms with Crippen LogP contribution in [0.15, 0.2) is 55.0 Å². The molecule has 0 fully saturated rings. The van der Waals surface area contributed by atoms with Crippen LogP contribution in [0.3, 0.4) is 0 Å². The molecule has 0 spiro atoms. The van der Waals surface area contributed by atoms with Gasteiger partial charge in [0.1, 0.15) is 23.8 Å². The number of aromatic nitrogens is 4. The largest absolute Gasteiger partial charge is 0.493 e. The summed E-state index contributed by atoms with van der Waals surface area (Å²) in [4.78, 5) is 14.6. The molecular weight excluding hydrogens is 466 g/mol. The second-order valence-corrected chi connectivity index (χ2v) is 9.63. The minimum atomic E-state index is 0.280. The second-order valence-electron chi connectivity index (χ2n) is 9.63. The van der Waals surface area contributed by atoms with Crippen molar-refractivity contribution in [2.75, 3.05) is 26.6 Å². The maximum Gasteiger partial charge on any atom is 0.203 e. The molecule has 0 bridgehead atoms. The maximum atomic E-state index is 5.51. The number of benzene rings is 2. The molecule has 2 aromatic heterocycles. The van der Waals surface area contributed by atoms with Crippen molar-refractivity contribution < 1.29 is 14.2 Å². The molecule has 37 heavy (non-hydrogen) atoms. The van der Waals surface area contributed by atoms with Crippen LogP contribution < -0.4 is 19.5 Å². The number of hydrogen-bond acceptors (Lipinski definition) is 7. The molecule has 4 aromatic rings. The molecule has 1 N–H and O–H groups in total. The summed E-state index contributed by atoms with van der Waals surface area (Å²) >= 11 is 0. The highest BCUT2D eigenvalue weighted by Crippen LogP contribution is 2.41. The van der Waals surface area contributed by atoms with E-state index in [1.54, 1.807) is 27.7 Å². The second kappa shape index (κ2) is 10.5. The van der Waals surface area contributed by atoms with Crippen LogP contribution in [0.2, 0.25) is 0 Å². The molecule has 2 aromatic carbocycles. The molecule has 8 heteroatoms. The van der Waals surface area contributed by atoms with E-state index in [0.29, 0.717) is 29.0 Å². The number of ether oxygens (including phenoxy) is 3. The summed E-state index contributed by atoms with van der Waals surface area (Å²) < 4.78 is 18.4. The third-order valence-corrected chi connectivity index (χ3v) is 6.67. The van der Waals surface area contributed by atoms with Crippen molar-refractivity contribution >= 4 is 11.6 Å². The van der Waals surface area contributed by atoms with Gasteiger partial charge in [-0.15, -0.1) is 0 Å². The highest BCUT2D eigenvalue weighted by molar-refractivity contribution is 5.62. The fourth-order valence-electron chi connectivity index (χ4n) is 4.95. The van der Waals surface area contributed by atoms with Gasteiger partial charge in [-0.3, -0.25) is 0 Å². The summed E-state index contributed by atoms with van der Waals surface area (Å²) in [5.41, 5.74) is 4.44. The van der Waals surface area contributed by atoms with Crippen LogP contribution in [-0.4, -0.2) is 40.8 Å². The van der Waals surface area contributed by atoms with Gasteiger partial charge in [0.25, 0.3) is 0 Å². The van der Waals surface area contributed by atoms with Crippen molar-refractivity contribution in [1.82, 2.24) is 19.5 Å².